The lowest BCUT2D eigenvalue weighted by molar-refractivity contribution is -0.255. The van der Waals surface area contributed by atoms with Crippen molar-refractivity contribution in [2.75, 3.05) is 11.4 Å². The molecule has 37 heavy (non-hydrogen) atoms. The first kappa shape index (κ1) is 26.4. The van der Waals surface area contributed by atoms with Gasteiger partial charge in [0, 0.05) is 11.3 Å². The fraction of sp³-hybridized carbons (Fsp3) is 0.276. The predicted molar refractivity (Wildman–Crippen MR) is 133 cm³/mol. The lowest BCUT2D eigenvalue weighted by Gasteiger charge is -2.31. The number of amides is 1. The number of para-hydroxylation sites is 1. The van der Waals surface area contributed by atoms with Gasteiger partial charge in [-0.2, -0.15) is 13.2 Å². The summed E-state index contributed by atoms with van der Waals surface area (Å²) in [5.74, 6) is -2.13. The lowest BCUT2D eigenvalue weighted by atomic mass is 9.89. The summed E-state index contributed by atoms with van der Waals surface area (Å²) in [6, 6.07) is 21.6. The van der Waals surface area contributed by atoms with Gasteiger partial charge in [-0.3, -0.25) is 4.79 Å². The molecule has 1 heterocycles. The van der Waals surface area contributed by atoms with Crippen LogP contribution in [0, 0.1) is 0 Å². The summed E-state index contributed by atoms with van der Waals surface area (Å²) in [4.78, 5) is 15.2. The number of anilines is 1. The summed E-state index contributed by atoms with van der Waals surface area (Å²) in [6.45, 7) is 4.66. The van der Waals surface area contributed by atoms with Crippen LogP contribution in [0.5, 0.6) is 5.75 Å². The summed E-state index contributed by atoms with van der Waals surface area (Å²) in [5.41, 5.74) is -3.01. The average Bonchev–Trinajstić information content (AvgIpc) is 3.06. The Bertz CT molecular complexity index is 1260. The predicted octanol–water partition coefficient (Wildman–Crippen LogP) is 6.45. The first-order chi connectivity index (χ1) is 17.5. The Balaban J connectivity index is 1.75. The number of hydrogen-bond acceptors (Lipinski definition) is 3. The molecule has 0 saturated carbocycles. The van der Waals surface area contributed by atoms with Crippen molar-refractivity contribution >= 4 is 11.6 Å². The first-order valence-electron chi connectivity index (χ1n) is 11.9. The van der Waals surface area contributed by atoms with Crippen molar-refractivity contribution in [2.45, 2.75) is 43.6 Å². The highest BCUT2D eigenvalue weighted by atomic mass is 19.4. The topological polar surface area (TPSA) is 49.8 Å². The molecule has 8 heteroatoms. The van der Waals surface area contributed by atoms with E-state index in [1.165, 1.54) is 11.0 Å². The average molecular weight is 514 g/mol. The normalized spacial score (nSPS) is 18.2. The number of aliphatic hydroxyl groups is 1. The number of benzene rings is 3. The van der Waals surface area contributed by atoms with E-state index in [1.807, 2.05) is 48.5 Å². The zero-order chi connectivity index (χ0) is 26.8. The monoisotopic (exact) mass is 513 g/mol. The molecule has 1 amide bonds. The van der Waals surface area contributed by atoms with Gasteiger partial charge in [-0.05, 0) is 49.1 Å². The van der Waals surface area contributed by atoms with Crippen LogP contribution >= 0.6 is 0 Å². The van der Waals surface area contributed by atoms with E-state index < -0.39 is 35.2 Å². The van der Waals surface area contributed by atoms with E-state index in [1.54, 1.807) is 19.1 Å². The number of halogens is 4. The second-order valence-corrected chi connectivity index (χ2v) is 9.13. The summed E-state index contributed by atoms with van der Waals surface area (Å²) < 4.78 is 61.3. The van der Waals surface area contributed by atoms with Gasteiger partial charge in [0.05, 0.1) is 12.5 Å². The zero-order valence-corrected chi connectivity index (χ0v) is 20.2. The maximum Gasteiger partial charge on any atom is 0.428 e. The van der Waals surface area contributed by atoms with E-state index in [4.69, 9.17) is 4.74 Å². The Labute approximate surface area is 212 Å². The molecule has 0 aliphatic carbocycles. The number of alkyl halides is 3. The molecule has 0 saturated heterocycles. The van der Waals surface area contributed by atoms with Gasteiger partial charge in [-0.15, -0.1) is 0 Å². The van der Waals surface area contributed by atoms with Crippen LogP contribution in [0.2, 0.25) is 0 Å². The van der Waals surface area contributed by atoms with Crippen molar-refractivity contribution in [2.24, 2.45) is 0 Å². The van der Waals surface area contributed by atoms with Gasteiger partial charge >= 0.3 is 6.18 Å². The number of carbonyl (C=O) groups excluding carboxylic acids is 1. The van der Waals surface area contributed by atoms with Crippen LogP contribution in [0.3, 0.4) is 0 Å². The molecule has 1 N–H and O–H groups in total. The van der Waals surface area contributed by atoms with Gasteiger partial charge in [0.1, 0.15) is 17.7 Å². The van der Waals surface area contributed by atoms with Gasteiger partial charge in [-0.1, -0.05) is 67.2 Å². The Morgan fingerprint density at radius 2 is 1.68 bits per heavy atom. The molecule has 0 spiro atoms. The fourth-order valence-corrected chi connectivity index (χ4v) is 4.57. The van der Waals surface area contributed by atoms with Crippen LogP contribution in [0.25, 0.3) is 0 Å². The van der Waals surface area contributed by atoms with E-state index in [9.17, 15) is 27.5 Å². The highest BCUT2D eigenvalue weighted by Gasteiger charge is 2.58. The first-order valence-corrected chi connectivity index (χ1v) is 11.9. The zero-order valence-electron chi connectivity index (χ0n) is 20.2. The second kappa shape index (κ2) is 10.4. The molecule has 3 aromatic carbocycles. The SMILES string of the molecule is C=C(F)C(O)(c1ccc2c(c1)CC[C@H](Oc1ccccc1)CN2C(=O)[C@@H](C)c1ccccc1)C(F)(F)F. The summed E-state index contributed by atoms with van der Waals surface area (Å²) in [6.07, 6.45) is -5.15. The molecule has 1 aliphatic heterocycles. The quantitative estimate of drug-likeness (QED) is 0.386. The van der Waals surface area contributed by atoms with E-state index in [-0.39, 0.29) is 18.9 Å². The minimum Gasteiger partial charge on any atom is -0.489 e. The van der Waals surface area contributed by atoms with Crippen molar-refractivity contribution in [1.82, 2.24) is 0 Å². The fourth-order valence-electron chi connectivity index (χ4n) is 4.57. The molecule has 194 valence electrons. The number of aryl methyl sites for hydroxylation is 1. The molecule has 1 aliphatic rings. The number of hydrogen-bond donors (Lipinski definition) is 1. The van der Waals surface area contributed by atoms with E-state index in [0.29, 0.717) is 23.4 Å². The molecular formula is C29H27F4NO3. The molecule has 3 atom stereocenters. The number of rotatable bonds is 6. The molecule has 1 unspecified atom stereocenters. The third-order valence-electron chi connectivity index (χ3n) is 6.69. The number of fused-ring (bicyclic) bond motifs is 1. The van der Waals surface area contributed by atoms with Crippen LogP contribution in [-0.4, -0.2) is 29.8 Å². The Kier molecular flexibility index (Phi) is 7.41. The van der Waals surface area contributed by atoms with E-state index in [0.717, 1.165) is 17.7 Å². The van der Waals surface area contributed by atoms with Gasteiger partial charge in [0.2, 0.25) is 11.5 Å². The number of carbonyl (C=O) groups is 1. The molecule has 0 aromatic heterocycles. The third kappa shape index (κ3) is 5.25. The molecule has 0 fully saturated rings. The summed E-state index contributed by atoms with van der Waals surface area (Å²) >= 11 is 0. The minimum absolute atomic E-state index is 0.163. The lowest BCUT2D eigenvalue weighted by Crippen LogP contribution is -2.43. The molecular weight excluding hydrogens is 486 g/mol. The van der Waals surface area contributed by atoms with Crippen molar-refractivity contribution in [3.05, 3.63) is 108 Å². The highest BCUT2D eigenvalue weighted by molar-refractivity contribution is 5.98. The molecule has 0 bridgehead atoms. The van der Waals surface area contributed by atoms with Gasteiger partial charge < -0.3 is 14.7 Å². The van der Waals surface area contributed by atoms with Gasteiger partial charge in [-0.25, -0.2) is 4.39 Å². The van der Waals surface area contributed by atoms with Crippen LogP contribution in [-0.2, 0) is 16.8 Å². The van der Waals surface area contributed by atoms with Crippen molar-refractivity contribution in [3.8, 4) is 5.75 Å². The van der Waals surface area contributed by atoms with Crippen LogP contribution in [0.4, 0.5) is 23.2 Å². The summed E-state index contributed by atoms with van der Waals surface area (Å²) in [5, 5.41) is 10.3. The largest absolute Gasteiger partial charge is 0.489 e. The van der Waals surface area contributed by atoms with E-state index >= 15 is 0 Å². The number of ether oxygens (including phenoxy) is 1. The van der Waals surface area contributed by atoms with Crippen LogP contribution in [0.15, 0.2) is 91.3 Å². The van der Waals surface area contributed by atoms with Crippen LogP contribution in [0.1, 0.15) is 36.0 Å². The molecule has 4 nitrogen and oxygen atoms in total. The third-order valence-corrected chi connectivity index (χ3v) is 6.69. The molecule has 4 rings (SSSR count). The Hall–Kier alpha value is -3.65. The maximum absolute atomic E-state index is 14.0. The smallest absolute Gasteiger partial charge is 0.428 e. The minimum atomic E-state index is -5.33. The van der Waals surface area contributed by atoms with E-state index in [2.05, 4.69) is 6.58 Å². The number of nitrogens with zero attached hydrogens (tertiary/aromatic N) is 1. The van der Waals surface area contributed by atoms with Crippen molar-refractivity contribution in [3.63, 3.8) is 0 Å². The molecule has 0 radical (unpaired) electrons. The van der Waals surface area contributed by atoms with Gasteiger partial charge in [0.15, 0.2) is 0 Å². The van der Waals surface area contributed by atoms with Crippen LogP contribution < -0.4 is 9.64 Å². The van der Waals surface area contributed by atoms with Gasteiger partial charge in [0.25, 0.3) is 0 Å². The second-order valence-electron chi connectivity index (χ2n) is 9.13. The molecule has 3 aromatic rings. The standard InChI is InChI=1S/C29H27F4NO3/c1-19(21-9-5-3-6-10-21)27(35)34-18-25(37-24-11-7-4-8-12-24)15-13-22-17-23(14-16-26(22)34)28(36,20(2)30)29(31,32)33/h3-12,14,16-17,19,25,36H,2,13,15,18H2,1H3/t19-,25-,28?/m0/s1. The Morgan fingerprint density at radius 3 is 2.27 bits per heavy atom. The van der Waals surface area contributed by atoms with Crippen molar-refractivity contribution in [1.29, 1.82) is 0 Å². The summed E-state index contributed by atoms with van der Waals surface area (Å²) in [7, 11) is 0. The highest BCUT2D eigenvalue weighted by Crippen LogP contribution is 2.45. The maximum atomic E-state index is 14.0. The Morgan fingerprint density at radius 1 is 1.05 bits per heavy atom. The van der Waals surface area contributed by atoms with Crippen molar-refractivity contribution < 1.29 is 32.2 Å².